The summed E-state index contributed by atoms with van der Waals surface area (Å²) in [6.07, 6.45) is 1.64. The lowest BCUT2D eigenvalue weighted by molar-refractivity contribution is -0.144. The highest BCUT2D eigenvalue weighted by atomic mass is 32.2. The minimum absolute atomic E-state index is 0.0305. The number of carbonyl (C=O) groups is 2. The number of urea groups is 1. The SMILES string of the molecule is CC1CCN(C(=O)N(C)C2CCS(=O)(=O)C2)C(C(=O)O)C1. The van der Waals surface area contributed by atoms with Gasteiger partial charge in [-0.05, 0) is 25.2 Å². The topological polar surface area (TPSA) is 95.0 Å². The second-order valence-electron chi connectivity index (χ2n) is 6.13. The van der Waals surface area contributed by atoms with Crippen LogP contribution in [0.4, 0.5) is 4.79 Å². The molecule has 0 aliphatic carbocycles. The molecule has 2 aliphatic rings. The van der Waals surface area contributed by atoms with E-state index in [1.54, 1.807) is 7.05 Å². The van der Waals surface area contributed by atoms with Crippen LogP contribution in [0.25, 0.3) is 0 Å². The Morgan fingerprint density at radius 1 is 1.29 bits per heavy atom. The molecule has 0 bridgehead atoms. The molecule has 2 fully saturated rings. The van der Waals surface area contributed by atoms with E-state index < -0.39 is 21.8 Å². The second-order valence-corrected chi connectivity index (χ2v) is 8.36. The number of rotatable bonds is 2. The van der Waals surface area contributed by atoms with E-state index in [2.05, 4.69) is 0 Å². The Morgan fingerprint density at radius 2 is 1.95 bits per heavy atom. The largest absolute Gasteiger partial charge is 0.480 e. The van der Waals surface area contributed by atoms with Crippen LogP contribution in [0, 0.1) is 5.92 Å². The van der Waals surface area contributed by atoms with Crippen molar-refractivity contribution in [1.82, 2.24) is 9.80 Å². The van der Waals surface area contributed by atoms with Gasteiger partial charge in [0, 0.05) is 19.6 Å². The fraction of sp³-hybridized carbons (Fsp3) is 0.846. The summed E-state index contributed by atoms with van der Waals surface area (Å²) >= 11 is 0. The minimum Gasteiger partial charge on any atom is -0.480 e. The van der Waals surface area contributed by atoms with Crippen LogP contribution >= 0.6 is 0 Å². The van der Waals surface area contributed by atoms with Crippen molar-refractivity contribution in [2.75, 3.05) is 25.1 Å². The van der Waals surface area contributed by atoms with Crippen LogP contribution in [0.15, 0.2) is 0 Å². The number of nitrogens with zero attached hydrogens (tertiary/aromatic N) is 2. The zero-order chi connectivity index (χ0) is 15.8. The average molecular weight is 318 g/mol. The Morgan fingerprint density at radius 3 is 2.48 bits per heavy atom. The summed E-state index contributed by atoms with van der Waals surface area (Å²) < 4.78 is 23.0. The van der Waals surface area contributed by atoms with Crippen LogP contribution < -0.4 is 0 Å². The van der Waals surface area contributed by atoms with Crippen molar-refractivity contribution >= 4 is 21.8 Å². The normalized spacial score (nSPS) is 31.9. The Balaban J connectivity index is 2.09. The van der Waals surface area contributed by atoms with Crippen LogP contribution in [0.3, 0.4) is 0 Å². The monoisotopic (exact) mass is 318 g/mol. The number of carboxylic acid groups (broad SMARTS) is 1. The van der Waals surface area contributed by atoms with Gasteiger partial charge in [-0.2, -0.15) is 0 Å². The van der Waals surface area contributed by atoms with E-state index in [1.807, 2.05) is 6.92 Å². The van der Waals surface area contributed by atoms with Gasteiger partial charge >= 0.3 is 12.0 Å². The van der Waals surface area contributed by atoms with Crippen LogP contribution in [-0.2, 0) is 14.6 Å². The smallest absolute Gasteiger partial charge is 0.326 e. The van der Waals surface area contributed by atoms with Gasteiger partial charge < -0.3 is 14.9 Å². The van der Waals surface area contributed by atoms with E-state index in [0.29, 0.717) is 19.4 Å². The molecule has 2 rings (SSSR count). The molecule has 2 saturated heterocycles. The van der Waals surface area contributed by atoms with Crippen molar-refractivity contribution in [1.29, 1.82) is 0 Å². The van der Waals surface area contributed by atoms with Gasteiger partial charge in [0.1, 0.15) is 6.04 Å². The molecule has 0 aromatic heterocycles. The number of hydrogen-bond donors (Lipinski definition) is 1. The standard InChI is InChI=1S/C13H22N2O5S/c1-9-3-5-15(11(7-9)12(16)17)13(18)14(2)10-4-6-21(19,20)8-10/h9-11H,3-8H2,1-2H3,(H,16,17). The molecule has 8 heteroatoms. The number of aliphatic carboxylic acids is 1. The van der Waals surface area contributed by atoms with Gasteiger partial charge in [0.2, 0.25) is 0 Å². The van der Waals surface area contributed by atoms with E-state index in [9.17, 15) is 23.1 Å². The molecule has 3 atom stereocenters. The third-order valence-corrected chi connectivity index (χ3v) is 6.20. The summed E-state index contributed by atoms with van der Waals surface area (Å²) in [7, 11) is -1.51. The quantitative estimate of drug-likeness (QED) is 0.796. The molecule has 2 aliphatic heterocycles. The third kappa shape index (κ3) is 3.48. The van der Waals surface area contributed by atoms with Gasteiger partial charge in [-0.3, -0.25) is 0 Å². The number of likely N-dealkylation sites (tertiary alicyclic amines) is 1. The Labute approximate surface area is 124 Å². The maximum atomic E-state index is 12.5. The molecule has 1 N–H and O–H groups in total. The van der Waals surface area contributed by atoms with Gasteiger partial charge in [-0.15, -0.1) is 0 Å². The fourth-order valence-corrected chi connectivity index (χ4v) is 4.82. The number of amides is 2. The van der Waals surface area contributed by atoms with E-state index in [4.69, 9.17) is 0 Å². The molecule has 2 amide bonds. The first kappa shape index (κ1) is 16.1. The van der Waals surface area contributed by atoms with Crippen molar-refractivity contribution in [3.8, 4) is 0 Å². The Bertz CT molecular complexity index is 533. The summed E-state index contributed by atoms with van der Waals surface area (Å²) in [5.41, 5.74) is 0. The van der Waals surface area contributed by atoms with Crippen molar-refractivity contribution in [3.63, 3.8) is 0 Å². The molecule has 120 valence electrons. The molecule has 2 heterocycles. The number of carbonyl (C=O) groups excluding carboxylic acids is 1. The maximum Gasteiger partial charge on any atom is 0.326 e. The zero-order valence-electron chi connectivity index (χ0n) is 12.4. The molecule has 0 spiro atoms. The molecule has 7 nitrogen and oxygen atoms in total. The van der Waals surface area contributed by atoms with Gasteiger partial charge in [-0.25, -0.2) is 18.0 Å². The average Bonchev–Trinajstić information content (AvgIpc) is 2.77. The highest BCUT2D eigenvalue weighted by molar-refractivity contribution is 7.91. The number of carboxylic acids is 1. The van der Waals surface area contributed by atoms with Crippen molar-refractivity contribution in [3.05, 3.63) is 0 Å². The highest BCUT2D eigenvalue weighted by Crippen LogP contribution is 2.25. The number of sulfone groups is 1. The van der Waals surface area contributed by atoms with Crippen LogP contribution in [0.2, 0.25) is 0 Å². The lowest BCUT2D eigenvalue weighted by Gasteiger charge is -2.39. The van der Waals surface area contributed by atoms with Crippen LogP contribution in [0.1, 0.15) is 26.2 Å². The van der Waals surface area contributed by atoms with Gasteiger partial charge in [0.05, 0.1) is 11.5 Å². The van der Waals surface area contributed by atoms with Gasteiger partial charge in [-0.1, -0.05) is 6.92 Å². The van der Waals surface area contributed by atoms with Gasteiger partial charge in [0.15, 0.2) is 9.84 Å². The fourth-order valence-electron chi connectivity index (χ4n) is 3.04. The second kappa shape index (κ2) is 5.82. The molecule has 0 saturated carbocycles. The highest BCUT2D eigenvalue weighted by Gasteiger charge is 2.39. The van der Waals surface area contributed by atoms with Crippen molar-refractivity contribution in [2.24, 2.45) is 5.92 Å². The summed E-state index contributed by atoms with van der Waals surface area (Å²) in [5.74, 6) is -0.666. The molecule has 0 aromatic carbocycles. The lowest BCUT2D eigenvalue weighted by atomic mass is 9.92. The predicted molar refractivity (Wildman–Crippen MR) is 76.7 cm³/mol. The Hall–Kier alpha value is -1.31. The molecule has 21 heavy (non-hydrogen) atoms. The first-order chi connectivity index (χ1) is 9.71. The van der Waals surface area contributed by atoms with Crippen molar-refractivity contribution < 1.29 is 23.1 Å². The minimum atomic E-state index is -3.07. The van der Waals surface area contributed by atoms with E-state index in [-0.39, 0.29) is 29.5 Å². The summed E-state index contributed by atoms with van der Waals surface area (Å²) in [5, 5.41) is 9.30. The first-order valence-electron chi connectivity index (χ1n) is 7.18. The van der Waals surface area contributed by atoms with E-state index in [0.717, 1.165) is 6.42 Å². The summed E-state index contributed by atoms with van der Waals surface area (Å²) in [6.45, 7) is 2.38. The van der Waals surface area contributed by atoms with Crippen LogP contribution in [-0.4, -0.2) is 72.5 Å². The molecule has 0 aromatic rings. The van der Waals surface area contributed by atoms with E-state index >= 15 is 0 Å². The summed E-state index contributed by atoms with van der Waals surface area (Å²) in [4.78, 5) is 26.6. The first-order valence-corrected chi connectivity index (χ1v) is 9.00. The summed E-state index contributed by atoms with van der Waals surface area (Å²) in [6, 6.07) is -1.55. The molecular formula is C13H22N2O5S. The number of hydrogen-bond acceptors (Lipinski definition) is 4. The predicted octanol–water partition coefficient (Wildman–Crippen LogP) is 0.410. The Kier molecular flexibility index (Phi) is 4.46. The molecule has 0 radical (unpaired) electrons. The number of piperidine rings is 1. The lowest BCUT2D eigenvalue weighted by Crippen LogP contribution is -2.55. The molecular weight excluding hydrogens is 296 g/mol. The van der Waals surface area contributed by atoms with Crippen molar-refractivity contribution in [2.45, 2.75) is 38.3 Å². The molecule has 3 unspecified atom stereocenters. The maximum absolute atomic E-state index is 12.5. The zero-order valence-corrected chi connectivity index (χ0v) is 13.2. The van der Waals surface area contributed by atoms with E-state index in [1.165, 1.54) is 9.80 Å². The van der Waals surface area contributed by atoms with Crippen LogP contribution in [0.5, 0.6) is 0 Å². The van der Waals surface area contributed by atoms with Gasteiger partial charge in [0.25, 0.3) is 0 Å². The third-order valence-electron chi connectivity index (χ3n) is 4.45.